The van der Waals surface area contributed by atoms with Crippen molar-refractivity contribution < 1.29 is 18.6 Å². The summed E-state index contributed by atoms with van der Waals surface area (Å²) in [6.45, 7) is 0. The third kappa shape index (κ3) is 3.10. The first-order chi connectivity index (χ1) is 16.7. The summed E-state index contributed by atoms with van der Waals surface area (Å²) in [7, 11) is 3.24. The van der Waals surface area contributed by atoms with Crippen LogP contribution >= 0.6 is 0 Å². The topological polar surface area (TPSA) is 70.4 Å². The zero-order chi connectivity index (χ0) is 23.2. The molecule has 170 valence electrons. The highest BCUT2D eigenvalue weighted by molar-refractivity contribution is 5.85. The number of anilines is 1. The van der Waals surface area contributed by atoms with Gasteiger partial charge in [0, 0.05) is 22.8 Å². The molecule has 0 saturated carbocycles. The summed E-state index contributed by atoms with van der Waals surface area (Å²) >= 11 is 0. The summed E-state index contributed by atoms with van der Waals surface area (Å²) in [4.78, 5) is 4.42. The third-order valence-corrected chi connectivity index (χ3v) is 6.23. The molecule has 4 aromatic rings. The van der Waals surface area contributed by atoms with Crippen LogP contribution in [0.2, 0.25) is 0 Å². The van der Waals surface area contributed by atoms with Gasteiger partial charge >= 0.3 is 0 Å². The Hall–Kier alpha value is -4.33. The average Bonchev–Trinajstić information content (AvgIpc) is 3.35. The number of nitrogens with zero attached hydrogens (tertiary/aromatic N) is 3. The van der Waals surface area contributed by atoms with Gasteiger partial charge < -0.3 is 19.5 Å². The number of benzene rings is 3. The highest BCUT2D eigenvalue weighted by atomic mass is 19.1. The van der Waals surface area contributed by atoms with E-state index in [1.165, 1.54) is 18.5 Å². The predicted octanol–water partition coefficient (Wildman–Crippen LogP) is 4.99. The molecule has 1 N–H and O–H groups in total. The number of fused-ring (bicyclic) bond motifs is 3. The zero-order valence-electron chi connectivity index (χ0n) is 18.5. The molecule has 0 saturated heterocycles. The van der Waals surface area contributed by atoms with Gasteiger partial charge in [0.05, 0.1) is 19.9 Å². The van der Waals surface area contributed by atoms with E-state index in [1.54, 1.807) is 31.0 Å². The maximum absolute atomic E-state index is 13.8. The van der Waals surface area contributed by atoms with E-state index >= 15 is 0 Å². The van der Waals surface area contributed by atoms with Crippen molar-refractivity contribution in [3.8, 4) is 17.2 Å². The van der Waals surface area contributed by atoms with Gasteiger partial charge in [-0.2, -0.15) is 10.1 Å². The second-order valence-electron chi connectivity index (χ2n) is 8.04. The second kappa shape index (κ2) is 7.91. The van der Waals surface area contributed by atoms with Gasteiger partial charge in [-0.3, -0.25) is 0 Å². The van der Waals surface area contributed by atoms with Crippen molar-refractivity contribution in [1.29, 1.82) is 0 Å². The Kier molecular flexibility index (Phi) is 4.72. The van der Waals surface area contributed by atoms with E-state index in [0.717, 1.165) is 33.7 Å². The maximum atomic E-state index is 13.8. The Morgan fingerprint density at radius 1 is 1.00 bits per heavy atom. The van der Waals surface area contributed by atoms with Gasteiger partial charge in [0.1, 0.15) is 35.4 Å². The summed E-state index contributed by atoms with van der Waals surface area (Å²) in [6, 6.07) is 19.6. The van der Waals surface area contributed by atoms with Crippen LogP contribution in [0, 0.1) is 5.82 Å². The average molecular weight is 456 g/mol. The number of nitrogens with one attached hydrogen (secondary N) is 1. The number of para-hydroxylation sites is 1. The number of hydrogen-bond acceptors (Lipinski definition) is 6. The molecule has 0 bridgehead atoms. The predicted molar refractivity (Wildman–Crippen MR) is 124 cm³/mol. The lowest BCUT2D eigenvalue weighted by Gasteiger charge is -2.39. The van der Waals surface area contributed by atoms with Crippen LogP contribution in [0.15, 0.2) is 78.6 Å². The van der Waals surface area contributed by atoms with Gasteiger partial charge in [0.2, 0.25) is 5.95 Å². The van der Waals surface area contributed by atoms with Crippen LogP contribution in [-0.2, 0) is 0 Å². The first kappa shape index (κ1) is 20.3. The summed E-state index contributed by atoms with van der Waals surface area (Å²) in [5.74, 6) is 2.36. The van der Waals surface area contributed by atoms with Crippen LogP contribution in [-0.4, -0.2) is 29.0 Å². The molecule has 0 amide bonds. The smallest absolute Gasteiger partial charge is 0.226 e. The molecule has 7 nitrogen and oxygen atoms in total. The molecule has 0 aliphatic carbocycles. The molecule has 1 aromatic heterocycles. The summed E-state index contributed by atoms with van der Waals surface area (Å²) < 4.78 is 33.4. The Balaban J connectivity index is 1.62. The van der Waals surface area contributed by atoms with Crippen LogP contribution in [0.5, 0.6) is 17.2 Å². The fourth-order valence-corrected chi connectivity index (χ4v) is 4.68. The van der Waals surface area contributed by atoms with Crippen molar-refractivity contribution in [3.05, 3.63) is 101 Å². The fraction of sp³-hybridized carbons (Fsp3) is 0.154. The molecular formula is C26H21FN4O3. The van der Waals surface area contributed by atoms with E-state index in [2.05, 4.69) is 15.4 Å². The summed E-state index contributed by atoms with van der Waals surface area (Å²) in [5, 5.41) is 7.95. The molecule has 2 atom stereocenters. The van der Waals surface area contributed by atoms with E-state index in [1.807, 2.05) is 42.5 Å². The highest BCUT2D eigenvalue weighted by Gasteiger charge is 2.41. The normalized spacial score (nSPS) is 18.2. The number of hydrogen-bond donors (Lipinski definition) is 1. The van der Waals surface area contributed by atoms with Crippen molar-refractivity contribution in [3.63, 3.8) is 0 Å². The molecule has 3 aromatic carbocycles. The molecule has 2 aliphatic heterocycles. The minimum atomic E-state index is -0.509. The second-order valence-corrected chi connectivity index (χ2v) is 8.04. The molecule has 34 heavy (non-hydrogen) atoms. The monoisotopic (exact) mass is 456 g/mol. The Labute approximate surface area is 195 Å². The molecule has 0 fully saturated rings. The Bertz CT molecular complexity index is 1410. The minimum absolute atomic E-state index is 0.302. The number of aromatic nitrogens is 3. The van der Waals surface area contributed by atoms with Crippen molar-refractivity contribution in [2.24, 2.45) is 0 Å². The van der Waals surface area contributed by atoms with Gasteiger partial charge in [-0.05, 0) is 42.0 Å². The first-order valence-electron chi connectivity index (χ1n) is 10.8. The third-order valence-electron chi connectivity index (χ3n) is 6.23. The lowest BCUT2D eigenvalue weighted by molar-refractivity contribution is 0.217. The van der Waals surface area contributed by atoms with Crippen molar-refractivity contribution in [2.45, 2.75) is 12.1 Å². The highest BCUT2D eigenvalue weighted by Crippen LogP contribution is 2.52. The van der Waals surface area contributed by atoms with Gasteiger partial charge in [0.15, 0.2) is 6.10 Å². The number of methoxy groups -OCH3 is 2. The van der Waals surface area contributed by atoms with Crippen LogP contribution in [0.1, 0.15) is 28.8 Å². The molecule has 6 rings (SSSR count). The lowest BCUT2D eigenvalue weighted by atomic mass is 9.84. The van der Waals surface area contributed by atoms with Crippen molar-refractivity contribution in [2.75, 3.05) is 19.5 Å². The van der Waals surface area contributed by atoms with E-state index in [4.69, 9.17) is 14.2 Å². The van der Waals surface area contributed by atoms with Crippen LogP contribution < -0.4 is 19.5 Å². The standard InChI is InChI=1S/C26H21FN4O3/c1-32-17-11-12-19(21(13-17)33-2)25-22-23(18-5-3-4-6-20(18)34-25)30-26-28-14-29-31(26)24(22)15-7-9-16(27)10-8-15/h3-14,24-25H,1-2H3,(H,28,29,30)/t24-,25+/m1/s1. The zero-order valence-corrected chi connectivity index (χ0v) is 18.5. The van der Waals surface area contributed by atoms with Gasteiger partial charge in [-0.1, -0.05) is 24.3 Å². The maximum Gasteiger partial charge on any atom is 0.226 e. The number of halogens is 1. The molecule has 3 heterocycles. The lowest BCUT2D eigenvalue weighted by Crippen LogP contribution is -2.32. The number of rotatable bonds is 4. The molecule has 0 radical (unpaired) electrons. The molecule has 0 unspecified atom stereocenters. The van der Waals surface area contributed by atoms with Crippen LogP contribution in [0.3, 0.4) is 0 Å². The molecule has 8 heteroatoms. The quantitative estimate of drug-likeness (QED) is 0.466. The van der Waals surface area contributed by atoms with Crippen molar-refractivity contribution in [1.82, 2.24) is 14.8 Å². The van der Waals surface area contributed by atoms with Gasteiger partial charge in [0.25, 0.3) is 0 Å². The fourth-order valence-electron chi connectivity index (χ4n) is 4.68. The van der Waals surface area contributed by atoms with E-state index < -0.39 is 6.10 Å². The Morgan fingerprint density at radius 3 is 2.62 bits per heavy atom. The number of ether oxygens (including phenoxy) is 3. The Morgan fingerprint density at radius 2 is 1.82 bits per heavy atom. The SMILES string of the molecule is COc1ccc([C@@H]2Oc3ccccc3C3=C2[C@@H](c2ccc(F)cc2)n2ncnc2N3)c(OC)c1. The van der Waals surface area contributed by atoms with Crippen LogP contribution in [0.25, 0.3) is 5.70 Å². The van der Waals surface area contributed by atoms with E-state index in [-0.39, 0.29) is 11.9 Å². The van der Waals surface area contributed by atoms with Crippen LogP contribution in [0.4, 0.5) is 10.3 Å². The van der Waals surface area contributed by atoms with E-state index in [0.29, 0.717) is 17.4 Å². The minimum Gasteiger partial charge on any atom is -0.497 e. The van der Waals surface area contributed by atoms with E-state index in [9.17, 15) is 4.39 Å². The summed E-state index contributed by atoms with van der Waals surface area (Å²) in [5.41, 5.74) is 4.43. The molecule has 0 spiro atoms. The largest absolute Gasteiger partial charge is 0.497 e. The van der Waals surface area contributed by atoms with Crippen molar-refractivity contribution >= 4 is 11.6 Å². The molecular weight excluding hydrogens is 435 g/mol. The molecule has 2 aliphatic rings. The van der Waals surface area contributed by atoms with Gasteiger partial charge in [-0.25, -0.2) is 9.07 Å². The van der Waals surface area contributed by atoms with Gasteiger partial charge in [-0.15, -0.1) is 0 Å². The summed E-state index contributed by atoms with van der Waals surface area (Å²) in [6.07, 6.45) is 0.998. The first-order valence-corrected chi connectivity index (χ1v) is 10.8.